The molecule has 0 saturated carbocycles. The molecule has 8 rings (SSSR count). The van der Waals surface area contributed by atoms with Gasteiger partial charge in [0.1, 0.15) is 0 Å². The molecule has 0 unspecified atom stereocenters. The molecule has 0 saturated heterocycles. The Morgan fingerprint density at radius 3 is 1.09 bits per heavy atom. The van der Waals surface area contributed by atoms with Gasteiger partial charge >= 0.3 is 0 Å². The predicted octanol–water partition coefficient (Wildman–Crippen LogP) is 11.7. The third kappa shape index (κ3) is 4.38. The molecule has 206 valence electrons. The summed E-state index contributed by atoms with van der Waals surface area (Å²) >= 11 is 0. The van der Waals surface area contributed by atoms with Crippen LogP contribution in [0.4, 0.5) is 0 Å². The van der Waals surface area contributed by atoms with Crippen LogP contribution in [0.1, 0.15) is 0 Å². The van der Waals surface area contributed by atoms with E-state index in [4.69, 9.17) is 4.98 Å². The fourth-order valence-electron chi connectivity index (χ4n) is 6.57. The molecule has 0 spiro atoms. The minimum absolute atomic E-state index is 0.986. The van der Waals surface area contributed by atoms with Crippen LogP contribution >= 0.6 is 0 Å². The molecule has 0 aliphatic heterocycles. The van der Waals surface area contributed by atoms with Gasteiger partial charge in [0.05, 0.1) is 11.2 Å². The molecular formula is C43H29N. The molecule has 0 aliphatic rings. The molecule has 0 radical (unpaired) electrons. The van der Waals surface area contributed by atoms with E-state index in [0.717, 1.165) is 33.3 Å². The van der Waals surface area contributed by atoms with E-state index in [1.807, 2.05) is 0 Å². The Balaban J connectivity index is 1.71. The minimum atomic E-state index is 0.986. The lowest BCUT2D eigenvalue weighted by Crippen LogP contribution is -2.00. The maximum atomic E-state index is 5.66. The second-order valence-corrected chi connectivity index (χ2v) is 11.1. The van der Waals surface area contributed by atoms with Crippen LogP contribution in [0.3, 0.4) is 0 Å². The van der Waals surface area contributed by atoms with Crippen molar-refractivity contribution in [3.8, 4) is 55.8 Å². The van der Waals surface area contributed by atoms with Gasteiger partial charge in [-0.2, -0.15) is 0 Å². The molecule has 44 heavy (non-hydrogen) atoms. The molecule has 0 bridgehead atoms. The van der Waals surface area contributed by atoms with Crippen LogP contribution in [0.25, 0.3) is 77.4 Å². The lowest BCUT2D eigenvalue weighted by molar-refractivity contribution is 1.40. The van der Waals surface area contributed by atoms with Gasteiger partial charge in [0.2, 0.25) is 0 Å². The third-order valence-corrected chi connectivity index (χ3v) is 8.45. The smallest absolute Gasteiger partial charge is 0.0801 e. The van der Waals surface area contributed by atoms with E-state index in [2.05, 4.69) is 176 Å². The molecule has 0 N–H and O–H groups in total. The number of rotatable bonds is 5. The molecule has 1 heteroatoms. The molecule has 7 aromatic carbocycles. The van der Waals surface area contributed by atoms with Crippen molar-refractivity contribution in [1.29, 1.82) is 0 Å². The summed E-state index contributed by atoms with van der Waals surface area (Å²) in [7, 11) is 0. The van der Waals surface area contributed by atoms with Crippen LogP contribution in [-0.2, 0) is 0 Å². The van der Waals surface area contributed by atoms with Crippen LogP contribution in [0.2, 0.25) is 0 Å². The van der Waals surface area contributed by atoms with E-state index in [0.29, 0.717) is 0 Å². The quantitative estimate of drug-likeness (QED) is 0.191. The predicted molar refractivity (Wildman–Crippen MR) is 186 cm³/mol. The number of fused-ring (bicyclic) bond motifs is 3. The van der Waals surface area contributed by atoms with Gasteiger partial charge in [-0.3, -0.25) is 0 Å². The number of hydrogen-bond acceptors (Lipinski definition) is 1. The summed E-state index contributed by atoms with van der Waals surface area (Å²) < 4.78 is 0. The van der Waals surface area contributed by atoms with Gasteiger partial charge in [-0.05, 0) is 33.2 Å². The van der Waals surface area contributed by atoms with Gasteiger partial charge in [0.15, 0.2) is 0 Å². The standard InChI is InChI=1S/C43H29N/c1-6-18-30(19-7-1)37-35-28-16-17-29-36(35)43-41(38(37)31-20-8-2-9-21-31)39(32-22-10-3-11-23-32)40(33-24-12-4-13-25-33)42(44-43)34-26-14-5-15-27-34/h1-29H. The van der Waals surface area contributed by atoms with Gasteiger partial charge in [-0.1, -0.05) is 176 Å². The second-order valence-electron chi connectivity index (χ2n) is 11.1. The van der Waals surface area contributed by atoms with Crippen molar-refractivity contribution in [2.24, 2.45) is 0 Å². The van der Waals surface area contributed by atoms with E-state index in [1.165, 1.54) is 44.2 Å². The summed E-state index contributed by atoms with van der Waals surface area (Å²) in [4.78, 5) is 5.66. The SMILES string of the molecule is c1ccc(-c2nc3c(c(-c4ccccc4)c2-c2ccccc2)c(-c2ccccc2)c(-c2ccccc2)c2ccccc23)cc1. The molecule has 0 fully saturated rings. The molecule has 1 nitrogen and oxygen atoms in total. The number of benzene rings is 7. The first-order valence-corrected chi connectivity index (χ1v) is 15.1. The molecule has 8 aromatic rings. The summed E-state index contributed by atoms with van der Waals surface area (Å²) in [6.07, 6.45) is 0. The molecule has 0 aliphatic carbocycles. The highest BCUT2D eigenvalue weighted by Gasteiger charge is 2.26. The van der Waals surface area contributed by atoms with Crippen LogP contribution in [0.15, 0.2) is 176 Å². The Morgan fingerprint density at radius 1 is 0.273 bits per heavy atom. The molecule has 1 aromatic heterocycles. The van der Waals surface area contributed by atoms with Crippen molar-refractivity contribution in [2.75, 3.05) is 0 Å². The second kappa shape index (κ2) is 11.1. The first-order valence-electron chi connectivity index (χ1n) is 15.1. The maximum Gasteiger partial charge on any atom is 0.0801 e. The molecule has 0 atom stereocenters. The number of aromatic nitrogens is 1. The van der Waals surface area contributed by atoms with Crippen molar-refractivity contribution in [3.05, 3.63) is 176 Å². The fourth-order valence-corrected chi connectivity index (χ4v) is 6.57. The van der Waals surface area contributed by atoms with Crippen molar-refractivity contribution < 1.29 is 0 Å². The Hall–Kier alpha value is -5.79. The fraction of sp³-hybridized carbons (Fsp3) is 0. The van der Waals surface area contributed by atoms with E-state index >= 15 is 0 Å². The van der Waals surface area contributed by atoms with Crippen LogP contribution < -0.4 is 0 Å². The normalized spacial score (nSPS) is 11.2. The first-order chi connectivity index (χ1) is 21.9. The zero-order valence-corrected chi connectivity index (χ0v) is 24.2. The lowest BCUT2D eigenvalue weighted by Gasteiger charge is -2.24. The molecular weight excluding hydrogens is 530 g/mol. The highest BCUT2D eigenvalue weighted by atomic mass is 14.7. The van der Waals surface area contributed by atoms with E-state index in [9.17, 15) is 0 Å². The molecule has 1 heterocycles. The van der Waals surface area contributed by atoms with E-state index < -0.39 is 0 Å². The summed E-state index contributed by atoms with van der Waals surface area (Å²) in [5.41, 5.74) is 12.5. The van der Waals surface area contributed by atoms with Gasteiger partial charge in [0.25, 0.3) is 0 Å². The Kier molecular flexibility index (Phi) is 6.55. The number of pyridine rings is 1. The summed E-state index contributed by atoms with van der Waals surface area (Å²) in [6, 6.07) is 62.6. The Bertz CT molecular complexity index is 2220. The zero-order chi connectivity index (χ0) is 29.3. The van der Waals surface area contributed by atoms with Crippen LogP contribution in [-0.4, -0.2) is 4.98 Å². The monoisotopic (exact) mass is 559 g/mol. The number of hydrogen-bond donors (Lipinski definition) is 0. The highest BCUT2D eigenvalue weighted by Crippen LogP contribution is 2.51. The van der Waals surface area contributed by atoms with Crippen molar-refractivity contribution >= 4 is 21.7 Å². The first kappa shape index (κ1) is 25.9. The number of nitrogens with zero attached hydrogens (tertiary/aromatic N) is 1. The zero-order valence-electron chi connectivity index (χ0n) is 24.2. The average molecular weight is 560 g/mol. The Morgan fingerprint density at radius 2 is 0.614 bits per heavy atom. The largest absolute Gasteiger partial charge is 0.246 e. The van der Waals surface area contributed by atoms with Gasteiger partial charge in [0, 0.05) is 33.0 Å². The Labute approximate surface area is 257 Å². The summed E-state index contributed by atoms with van der Waals surface area (Å²) in [5.74, 6) is 0. The van der Waals surface area contributed by atoms with Crippen molar-refractivity contribution in [1.82, 2.24) is 4.98 Å². The average Bonchev–Trinajstić information content (AvgIpc) is 3.12. The topological polar surface area (TPSA) is 12.9 Å². The van der Waals surface area contributed by atoms with E-state index in [1.54, 1.807) is 0 Å². The minimum Gasteiger partial charge on any atom is -0.246 e. The third-order valence-electron chi connectivity index (χ3n) is 8.45. The van der Waals surface area contributed by atoms with E-state index in [-0.39, 0.29) is 0 Å². The van der Waals surface area contributed by atoms with Crippen molar-refractivity contribution in [2.45, 2.75) is 0 Å². The van der Waals surface area contributed by atoms with Crippen molar-refractivity contribution in [3.63, 3.8) is 0 Å². The summed E-state index contributed by atoms with van der Waals surface area (Å²) in [6.45, 7) is 0. The highest BCUT2D eigenvalue weighted by molar-refractivity contribution is 6.26. The molecule has 0 amide bonds. The van der Waals surface area contributed by atoms with Gasteiger partial charge < -0.3 is 0 Å². The van der Waals surface area contributed by atoms with Gasteiger partial charge in [-0.25, -0.2) is 4.98 Å². The van der Waals surface area contributed by atoms with Crippen LogP contribution in [0.5, 0.6) is 0 Å². The lowest BCUT2D eigenvalue weighted by atomic mass is 9.80. The summed E-state index contributed by atoms with van der Waals surface area (Å²) in [5, 5.41) is 3.51. The maximum absolute atomic E-state index is 5.66. The van der Waals surface area contributed by atoms with Gasteiger partial charge in [-0.15, -0.1) is 0 Å². The van der Waals surface area contributed by atoms with Crippen LogP contribution in [0, 0.1) is 0 Å².